The van der Waals surface area contributed by atoms with E-state index in [-0.39, 0.29) is 11.6 Å². The molecule has 5 heteroatoms. The normalized spacial score (nSPS) is 11.9. The first-order valence-electron chi connectivity index (χ1n) is 5.56. The van der Waals surface area contributed by atoms with E-state index >= 15 is 0 Å². The number of aryl methyl sites for hydroxylation is 1. The van der Waals surface area contributed by atoms with Gasteiger partial charge in [0.05, 0.1) is 17.3 Å². The molecule has 0 saturated heterocycles. The molecule has 0 bridgehead atoms. The molecule has 1 atom stereocenters. The van der Waals surface area contributed by atoms with Gasteiger partial charge in [-0.3, -0.25) is 4.68 Å². The van der Waals surface area contributed by atoms with Crippen molar-refractivity contribution in [2.75, 3.05) is 5.32 Å². The molecule has 0 saturated carbocycles. The standard InChI is InChI=1S/C13H13FN4/c1-9(13-5-6-16-18(13)2)17-11-3-4-12(14)10(7-11)8-15/h3-7,9,17H,1-2H3. The smallest absolute Gasteiger partial charge is 0.141 e. The molecule has 0 aliphatic heterocycles. The maximum Gasteiger partial charge on any atom is 0.141 e. The third-order valence-electron chi connectivity index (χ3n) is 2.77. The highest BCUT2D eigenvalue weighted by atomic mass is 19.1. The highest BCUT2D eigenvalue weighted by Crippen LogP contribution is 2.20. The summed E-state index contributed by atoms with van der Waals surface area (Å²) in [5.41, 5.74) is 1.76. The van der Waals surface area contributed by atoms with Crippen LogP contribution in [0.25, 0.3) is 0 Å². The molecule has 1 aromatic heterocycles. The second kappa shape index (κ2) is 4.88. The van der Waals surface area contributed by atoms with Crippen molar-refractivity contribution in [1.82, 2.24) is 9.78 Å². The summed E-state index contributed by atoms with van der Waals surface area (Å²) in [6.07, 6.45) is 1.72. The quantitative estimate of drug-likeness (QED) is 0.902. The van der Waals surface area contributed by atoms with Crippen molar-refractivity contribution in [2.45, 2.75) is 13.0 Å². The van der Waals surface area contributed by atoms with Gasteiger partial charge >= 0.3 is 0 Å². The Bertz CT molecular complexity index is 597. The second-order valence-electron chi connectivity index (χ2n) is 4.05. The van der Waals surface area contributed by atoms with Gasteiger partial charge in [0.15, 0.2) is 0 Å². The number of nitriles is 1. The van der Waals surface area contributed by atoms with Crippen LogP contribution in [-0.2, 0) is 7.05 Å². The average molecular weight is 244 g/mol. The summed E-state index contributed by atoms with van der Waals surface area (Å²) in [5.74, 6) is -0.503. The van der Waals surface area contributed by atoms with Gasteiger partial charge in [0, 0.05) is 18.9 Å². The van der Waals surface area contributed by atoms with Gasteiger partial charge in [-0.05, 0) is 31.2 Å². The lowest BCUT2D eigenvalue weighted by molar-refractivity contribution is 0.623. The monoisotopic (exact) mass is 244 g/mol. The van der Waals surface area contributed by atoms with Crippen molar-refractivity contribution >= 4 is 5.69 Å². The second-order valence-corrected chi connectivity index (χ2v) is 4.05. The van der Waals surface area contributed by atoms with Gasteiger partial charge in [0.2, 0.25) is 0 Å². The predicted molar refractivity (Wildman–Crippen MR) is 66.4 cm³/mol. The highest BCUT2D eigenvalue weighted by Gasteiger charge is 2.10. The summed E-state index contributed by atoms with van der Waals surface area (Å²) in [7, 11) is 1.86. The minimum absolute atomic E-state index is 0.0227. The number of anilines is 1. The van der Waals surface area contributed by atoms with E-state index in [1.54, 1.807) is 16.9 Å². The molecule has 0 radical (unpaired) electrons. The fourth-order valence-electron chi connectivity index (χ4n) is 1.83. The van der Waals surface area contributed by atoms with Crippen molar-refractivity contribution < 1.29 is 4.39 Å². The van der Waals surface area contributed by atoms with Crippen LogP contribution in [0, 0.1) is 17.1 Å². The van der Waals surface area contributed by atoms with Crippen molar-refractivity contribution in [2.24, 2.45) is 7.05 Å². The molecular formula is C13H13FN4. The minimum atomic E-state index is -0.503. The zero-order valence-corrected chi connectivity index (χ0v) is 10.2. The van der Waals surface area contributed by atoms with Gasteiger partial charge in [-0.1, -0.05) is 0 Å². The van der Waals surface area contributed by atoms with E-state index in [1.165, 1.54) is 12.1 Å². The Labute approximate surface area is 105 Å². The maximum atomic E-state index is 13.2. The molecule has 92 valence electrons. The zero-order valence-electron chi connectivity index (χ0n) is 10.2. The van der Waals surface area contributed by atoms with E-state index in [0.717, 1.165) is 5.69 Å². The zero-order chi connectivity index (χ0) is 13.1. The van der Waals surface area contributed by atoms with Crippen molar-refractivity contribution in [3.63, 3.8) is 0 Å². The van der Waals surface area contributed by atoms with Crippen LogP contribution in [0.3, 0.4) is 0 Å². The number of rotatable bonds is 3. The SMILES string of the molecule is CC(Nc1ccc(F)c(C#N)c1)c1ccnn1C. The molecule has 4 nitrogen and oxygen atoms in total. The molecular weight excluding hydrogens is 231 g/mol. The number of nitrogens with zero attached hydrogens (tertiary/aromatic N) is 3. The first kappa shape index (κ1) is 12.1. The van der Waals surface area contributed by atoms with Crippen LogP contribution in [0.15, 0.2) is 30.5 Å². The van der Waals surface area contributed by atoms with Gasteiger partial charge in [0.1, 0.15) is 11.9 Å². The fourth-order valence-corrected chi connectivity index (χ4v) is 1.83. The summed E-state index contributed by atoms with van der Waals surface area (Å²) >= 11 is 0. The lowest BCUT2D eigenvalue weighted by Crippen LogP contribution is -2.11. The number of hydrogen-bond acceptors (Lipinski definition) is 3. The molecule has 1 unspecified atom stereocenters. The minimum Gasteiger partial charge on any atom is -0.377 e. The molecule has 1 N–H and O–H groups in total. The van der Waals surface area contributed by atoms with Crippen LogP contribution in [-0.4, -0.2) is 9.78 Å². The Hall–Kier alpha value is -2.35. The lowest BCUT2D eigenvalue weighted by atomic mass is 10.1. The van der Waals surface area contributed by atoms with Gasteiger partial charge in [-0.15, -0.1) is 0 Å². The van der Waals surface area contributed by atoms with Crippen LogP contribution >= 0.6 is 0 Å². The molecule has 0 aliphatic carbocycles. The van der Waals surface area contributed by atoms with Gasteiger partial charge < -0.3 is 5.32 Å². The molecule has 1 aromatic carbocycles. The number of benzene rings is 1. The van der Waals surface area contributed by atoms with Gasteiger partial charge in [-0.25, -0.2) is 4.39 Å². The molecule has 1 heterocycles. The van der Waals surface area contributed by atoms with E-state index in [2.05, 4.69) is 10.4 Å². The molecule has 18 heavy (non-hydrogen) atoms. The number of aromatic nitrogens is 2. The third-order valence-corrected chi connectivity index (χ3v) is 2.77. The van der Waals surface area contributed by atoms with E-state index in [4.69, 9.17) is 5.26 Å². The average Bonchev–Trinajstić information content (AvgIpc) is 2.78. The summed E-state index contributed by atoms with van der Waals surface area (Å²) in [6, 6.07) is 8.16. The van der Waals surface area contributed by atoms with Gasteiger partial charge in [0.25, 0.3) is 0 Å². The van der Waals surface area contributed by atoms with Crippen molar-refractivity contribution in [3.05, 3.63) is 47.5 Å². The number of halogens is 1. The van der Waals surface area contributed by atoms with Crippen LogP contribution in [0.2, 0.25) is 0 Å². The summed E-state index contributed by atoms with van der Waals surface area (Å²) in [4.78, 5) is 0. The van der Waals surface area contributed by atoms with Crippen LogP contribution < -0.4 is 5.32 Å². The first-order chi connectivity index (χ1) is 8.61. The largest absolute Gasteiger partial charge is 0.377 e. The molecule has 2 aromatic rings. The van der Waals surface area contributed by atoms with E-state index in [0.29, 0.717) is 5.69 Å². The molecule has 0 amide bonds. The molecule has 0 spiro atoms. The third kappa shape index (κ3) is 2.33. The Balaban J connectivity index is 2.20. The van der Waals surface area contributed by atoms with E-state index in [1.807, 2.05) is 26.1 Å². The Kier molecular flexibility index (Phi) is 3.28. The summed E-state index contributed by atoms with van der Waals surface area (Å²) in [5, 5.41) is 16.1. The lowest BCUT2D eigenvalue weighted by Gasteiger charge is -2.15. The Morgan fingerprint density at radius 3 is 2.83 bits per heavy atom. The van der Waals surface area contributed by atoms with Crippen LogP contribution in [0.5, 0.6) is 0 Å². The molecule has 0 aliphatic rings. The Morgan fingerprint density at radius 2 is 2.22 bits per heavy atom. The maximum absolute atomic E-state index is 13.2. The van der Waals surface area contributed by atoms with Crippen LogP contribution in [0.4, 0.5) is 10.1 Å². The van der Waals surface area contributed by atoms with Gasteiger partial charge in [-0.2, -0.15) is 10.4 Å². The number of hydrogen-bond donors (Lipinski definition) is 1. The van der Waals surface area contributed by atoms with Crippen molar-refractivity contribution in [3.8, 4) is 6.07 Å². The molecule has 2 rings (SSSR count). The summed E-state index contributed by atoms with van der Waals surface area (Å²) in [6.45, 7) is 1.98. The first-order valence-corrected chi connectivity index (χ1v) is 5.56. The van der Waals surface area contributed by atoms with Crippen LogP contribution in [0.1, 0.15) is 24.2 Å². The molecule has 0 fully saturated rings. The topological polar surface area (TPSA) is 53.6 Å². The summed E-state index contributed by atoms with van der Waals surface area (Å²) < 4.78 is 15.0. The van der Waals surface area contributed by atoms with E-state index < -0.39 is 5.82 Å². The van der Waals surface area contributed by atoms with E-state index in [9.17, 15) is 4.39 Å². The fraction of sp³-hybridized carbons (Fsp3) is 0.231. The Morgan fingerprint density at radius 1 is 1.44 bits per heavy atom. The number of nitrogens with one attached hydrogen (secondary N) is 1. The van der Waals surface area contributed by atoms with Crippen molar-refractivity contribution in [1.29, 1.82) is 5.26 Å². The predicted octanol–water partition coefficient (Wildman–Crippen LogP) is 2.60. The highest BCUT2D eigenvalue weighted by molar-refractivity contribution is 5.50.